The van der Waals surface area contributed by atoms with Crippen LogP contribution in [0.3, 0.4) is 0 Å². The molecule has 3 nitrogen and oxygen atoms in total. The van der Waals surface area contributed by atoms with E-state index in [1.54, 1.807) is 0 Å². The molecule has 0 aliphatic rings. The van der Waals surface area contributed by atoms with Crippen LogP contribution in [-0.2, 0) is 6.42 Å². The molecule has 3 aromatic carbocycles. The first-order valence-corrected chi connectivity index (χ1v) is 11.0. The molecule has 5 aromatic rings. The highest BCUT2D eigenvalue weighted by Gasteiger charge is 2.20. The van der Waals surface area contributed by atoms with Gasteiger partial charge in [-0.3, -0.25) is 0 Å². The van der Waals surface area contributed by atoms with Crippen LogP contribution in [0.25, 0.3) is 43.5 Å². The average Bonchev–Trinajstić information content (AvgIpc) is 3.25. The summed E-state index contributed by atoms with van der Waals surface area (Å²) in [4.78, 5) is 0. The molecule has 0 N–H and O–H groups in total. The number of aryl methyl sites for hydroxylation is 2. The zero-order valence-electron chi connectivity index (χ0n) is 13.4. The molecular formula is C18H11Br2N3S2. The Bertz CT molecular complexity index is 1320. The van der Waals surface area contributed by atoms with E-state index in [1.807, 2.05) is 0 Å². The number of halogens is 2. The summed E-state index contributed by atoms with van der Waals surface area (Å²) >= 11 is 10.2. The van der Waals surface area contributed by atoms with Crippen LogP contribution in [0.5, 0.6) is 0 Å². The van der Waals surface area contributed by atoms with Crippen molar-refractivity contribution in [1.29, 1.82) is 0 Å². The summed E-state index contributed by atoms with van der Waals surface area (Å²) in [7, 11) is 0. The first kappa shape index (κ1) is 16.1. The molecule has 124 valence electrons. The van der Waals surface area contributed by atoms with Crippen molar-refractivity contribution >= 4 is 98.6 Å². The Morgan fingerprint density at radius 2 is 1.60 bits per heavy atom. The van der Waals surface area contributed by atoms with Crippen LogP contribution < -0.4 is 0 Å². The van der Waals surface area contributed by atoms with Gasteiger partial charge in [-0.15, -0.1) is 0 Å². The first-order chi connectivity index (χ1) is 12.1. The highest BCUT2D eigenvalue weighted by molar-refractivity contribution is 9.11. The molecule has 0 aliphatic carbocycles. The molecule has 0 saturated heterocycles. The molecule has 7 heteroatoms. The fourth-order valence-electron chi connectivity index (χ4n) is 3.78. The Labute approximate surface area is 168 Å². The molecule has 25 heavy (non-hydrogen) atoms. The van der Waals surface area contributed by atoms with Crippen molar-refractivity contribution in [3.63, 3.8) is 0 Å². The molecule has 0 saturated carbocycles. The number of hydrogen-bond donors (Lipinski definition) is 0. The second kappa shape index (κ2) is 5.67. The molecule has 0 unspecified atom stereocenters. The molecule has 0 atom stereocenters. The largest absolute Gasteiger partial charge is 0.191 e. The van der Waals surface area contributed by atoms with E-state index in [1.165, 1.54) is 61.3 Å². The predicted octanol–water partition coefficient (Wildman–Crippen LogP) is 7.00. The maximum absolute atomic E-state index is 4.65. The van der Waals surface area contributed by atoms with Gasteiger partial charge in [0.1, 0.15) is 11.0 Å². The van der Waals surface area contributed by atoms with E-state index in [0.29, 0.717) is 0 Å². The zero-order chi connectivity index (χ0) is 17.3. The van der Waals surface area contributed by atoms with Gasteiger partial charge in [-0.05, 0) is 90.8 Å². The topological polar surface area (TPSA) is 38.7 Å². The highest BCUT2D eigenvalue weighted by Crippen LogP contribution is 2.44. The van der Waals surface area contributed by atoms with Gasteiger partial charge in [0.2, 0.25) is 0 Å². The van der Waals surface area contributed by atoms with Crippen LogP contribution in [0.15, 0.2) is 26.5 Å². The van der Waals surface area contributed by atoms with E-state index >= 15 is 0 Å². The van der Waals surface area contributed by atoms with E-state index in [2.05, 4.69) is 76.3 Å². The SMILES string of the molecule is CCc1c(C)c2cc(Br)c3nscc3c2c2c1cc(Br)c1nsnc12. The number of hydrogen-bond acceptors (Lipinski definition) is 5. The number of aromatic nitrogens is 3. The van der Waals surface area contributed by atoms with Gasteiger partial charge in [0.15, 0.2) is 0 Å². The Morgan fingerprint density at radius 3 is 2.40 bits per heavy atom. The molecule has 0 fully saturated rings. The standard InChI is InChI=1S/C18H11Br2N3S2/c1-3-8-7(2)9-4-12(19)16-11(6-24-21-16)14(9)15-10(8)5-13(20)17-18(15)23-25-22-17/h4-6H,3H2,1-2H3. The fourth-order valence-corrected chi connectivity index (χ4v) is 6.31. The van der Waals surface area contributed by atoms with E-state index < -0.39 is 0 Å². The maximum Gasteiger partial charge on any atom is 0.119 e. The number of rotatable bonds is 1. The van der Waals surface area contributed by atoms with Crippen molar-refractivity contribution < 1.29 is 0 Å². The quantitative estimate of drug-likeness (QED) is 0.236. The van der Waals surface area contributed by atoms with Crippen LogP contribution in [0.4, 0.5) is 0 Å². The lowest BCUT2D eigenvalue weighted by molar-refractivity contribution is 1.14. The zero-order valence-corrected chi connectivity index (χ0v) is 18.2. The van der Waals surface area contributed by atoms with Crippen molar-refractivity contribution in [2.75, 3.05) is 0 Å². The predicted molar refractivity (Wildman–Crippen MR) is 115 cm³/mol. The Hall–Kier alpha value is -1.15. The first-order valence-electron chi connectivity index (χ1n) is 7.84. The average molecular weight is 493 g/mol. The minimum absolute atomic E-state index is 0.934. The van der Waals surface area contributed by atoms with E-state index in [0.717, 1.165) is 31.9 Å². The molecule has 5 rings (SSSR count). The van der Waals surface area contributed by atoms with Gasteiger partial charge in [0.05, 0.1) is 17.2 Å². The summed E-state index contributed by atoms with van der Waals surface area (Å²) in [6.45, 7) is 4.43. The monoisotopic (exact) mass is 491 g/mol. The van der Waals surface area contributed by atoms with E-state index in [9.17, 15) is 0 Å². The lowest BCUT2D eigenvalue weighted by Crippen LogP contribution is -1.94. The lowest BCUT2D eigenvalue weighted by Gasteiger charge is -2.16. The van der Waals surface area contributed by atoms with Crippen molar-refractivity contribution in [2.45, 2.75) is 20.3 Å². The third-order valence-corrected chi connectivity index (χ3v) is 7.25. The summed E-state index contributed by atoms with van der Waals surface area (Å²) < 4.78 is 15.8. The summed E-state index contributed by atoms with van der Waals surface area (Å²) in [5.74, 6) is 0. The van der Waals surface area contributed by atoms with Crippen LogP contribution >= 0.6 is 55.1 Å². The second-order valence-electron chi connectivity index (χ2n) is 6.06. The third-order valence-electron chi connectivity index (χ3n) is 4.88. The number of benzene rings is 3. The molecule has 0 aliphatic heterocycles. The maximum atomic E-state index is 4.65. The summed E-state index contributed by atoms with van der Waals surface area (Å²) in [6.07, 6.45) is 0.978. The fraction of sp³-hybridized carbons (Fsp3) is 0.167. The third kappa shape index (κ3) is 2.10. The van der Waals surface area contributed by atoms with Gasteiger partial charge in [-0.2, -0.15) is 13.1 Å². The van der Waals surface area contributed by atoms with Gasteiger partial charge >= 0.3 is 0 Å². The smallest absolute Gasteiger partial charge is 0.119 e. The Kier molecular flexibility index (Phi) is 3.64. The summed E-state index contributed by atoms with van der Waals surface area (Å²) in [5, 5.41) is 8.28. The normalized spacial score (nSPS) is 12.2. The van der Waals surface area contributed by atoms with Gasteiger partial charge in [-0.25, -0.2) is 0 Å². The summed E-state index contributed by atoms with van der Waals surface area (Å²) in [5.41, 5.74) is 5.62. The van der Waals surface area contributed by atoms with Crippen molar-refractivity contribution in [1.82, 2.24) is 13.1 Å². The van der Waals surface area contributed by atoms with Crippen LogP contribution in [0, 0.1) is 6.92 Å². The highest BCUT2D eigenvalue weighted by atomic mass is 79.9. The van der Waals surface area contributed by atoms with Crippen molar-refractivity contribution in [2.24, 2.45) is 0 Å². The van der Waals surface area contributed by atoms with Crippen LogP contribution in [0.1, 0.15) is 18.1 Å². The molecule has 2 aromatic heterocycles. The Balaban J connectivity index is 2.24. The number of fused-ring (bicyclic) bond motifs is 7. The van der Waals surface area contributed by atoms with E-state index in [-0.39, 0.29) is 0 Å². The van der Waals surface area contributed by atoms with E-state index in [4.69, 9.17) is 0 Å². The van der Waals surface area contributed by atoms with Gasteiger partial charge < -0.3 is 0 Å². The van der Waals surface area contributed by atoms with Gasteiger partial charge in [0.25, 0.3) is 0 Å². The molecule has 0 radical (unpaired) electrons. The van der Waals surface area contributed by atoms with Gasteiger partial charge in [0, 0.05) is 30.5 Å². The van der Waals surface area contributed by atoms with Crippen molar-refractivity contribution in [3.8, 4) is 0 Å². The molecule has 2 heterocycles. The lowest BCUT2D eigenvalue weighted by atomic mass is 9.89. The Morgan fingerprint density at radius 1 is 0.880 bits per heavy atom. The second-order valence-corrected chi connectivity index (χ2v) is 8.92. The molecule has 0 amide bonds. The molecular weight excluding hydrogens is 482 g/mol. The van der Waals surface area contributed by atoms with Gasteiger partial charge in [-0.1, -0.05) is 6.92 Å². The number of nitrogens with zero attached hydrogens (tertiary/aromatic N) is 3. The summed E-state index contributed by atoms with van der Waals surface area (Å²) in [6, 6.07) is 4.41. The van der Waals surface area contributed by atoms with Crippen molar-refractivity contribution in [3.05, 3.63) is 37.6 Å². The van der Waals surface area contributed by atoms with Crippen LogP contribution in [0.2, 0.25) is 0 Å². The molecule has 0 spiro atoms. The molecule has 0 bridgehead atoms. The minimum atomic E-state index is 0.934. The van der Waals surface area contributed by atoms with Crippen LogP contribution in [-0.4, -0.2) is 13.1 Å². The minimum Gasteiger partial charge on any atom is -0.191 e.